The molecule has 7 nitrogen and oxygen atoms in total. The third-order valence-electron chi connectivity index (χ3n) is 2.23. The van der Waals surface area contributed by atoms with Crippen LogP contribution in [0.1, 0.15) is 10.4 Å². The van der Waals surface area contributed by atoms with E-state index in [1.807, 2.05) is 0 Å². The van der Waals surface area contributed by atoms with Gasteiger partial charge in [-0.3, -0.25) is 0 Å². The van der Waals surface area contributed by atoms with Gasteiger partial charge in [0, 0.05) is 0 Å². The number of aromatic nitrogens is 3. The van der Waals surface area contributed by atoms with Gasteiger partial charge in [0.1, 0.15) is 5.75 Å². The zero-order chi connectivity index (χ0) is 14.5. The van der Waals surface area contributed by atoms with Crippen molar-refractivity contribution in [2.45, 2.75) is 0 Å². The fourth-order valence-corrected chi connectivity index (χ4v) is 1.48. The Bertz CT molecular complexity index is 619. The Morgan fingerprint density at radius 1 is 1.05 bits per heavy atom. The van der Waals surface area contributed by atoms with Gasteiger partial charge < -0.3 is 14.2 Å². The van der Waals surface area contributed by atoms with E-state index in [1.54, 1.807) is 24.3 Å². The molecule has 0 radical (unpaired) electrons. The molecule has 0 saturated heterocycles. The number of methoxy groups -OCH3 is 2. The van der Waals surface area contributed by atoms with Gasteiger partial charge in [0.25, 0.3) is 0 Å². The van der Waals surface area contributed by atoms with Crippen molar-refractivity contribution in [2.24, 2.45) is 0 Å². The number of carbonyl (C=O) groups excluding carboxylic acids is 1. The summed E-state index contributed by atoms with van der Waals surface area (Å²) in [6.45, 7) is 0. The molecule has 0 aliphatic heterocycles. The highest BCUT2D eigenvalue weighted by atomic mass is 35.5. The normalized spacial score (nSPS) is 9.95. The summed E-state index contributed by atoms with van der Waals surface area (Å²) in [4.78, 5) is 22.7. The van der Waals surface area contributed by atoms with Gasteiger partial charge in [-0.05, 0) is 35.9 Å². The highest BCUT2D eigenvalue weighted by Crippen LogP contribution is 2.21. The first kappa shape index (κ1) is 14.0. The van der Waals surface area contributed by atoms with Crippen LogP contribution in [0, 0.1) is 0 Å². The second-order valence-electron chi connectivity index (χ2n) is 3.49. The molecule has 0 spiro atoms. The Balaban J connectivity index is 2.17. The van der Waals surface area contributed by atoms with E-state index < -0.39 is 5.97 Å². The predicted octanol–water partition coefficient (Wildman–Crippen LogP) is 2.11. The second kappa shape index (κ2) is 6.16. The molecule has 0 bridgehead atoms. The number of esters is 1. The highest BCUT2D eigenvalue weighted by Gasteiger charge is 2.09. The minimum atomic E-state index is -0.429. The topological polar surface area (TPSA) is 83.4 Å². The number of benzene rings is 1. The van der Waals surface area contributed by atoms with Crippen molar-refractivity contribution in [3.05, 3.63) is 35.1 Å². The summed E-state index contributed by atoms with van der Waals surface area (Å²) in [6, 6.07) is 6.31. The van der Waals surface area contributed by atoms with Crippen molar-refractivity contribution in [1.29, 1.82) is 0 Å². The number of hydrogen-bond donors (Lipinski definition) is 0. The Hall–Kier alpha value is -2.41. The maximum atomic E-state index is 11.3. The van der Waals surface area contributed by atoms with Crippen molar-refractivity contribution in [3.63, 3.8) is 0 Å². The van der Waals surface area contributed by atoms with Crippen molar-refractivity contribution < 1.29 is 19.0 Å². The minimum Gasteiger partial charge on any atom is -0.467 e. The zero-order valence-electron chi connectivity index (χ0n) is 10.7. The van der Waals surface area contributed by atoms with Crippen LogP contribution in [0.25, 0.3) is 0 Å². The second-order valence-corrected chi connectivity index (χ2v) is 3.83. The molecule has 20 heavy (non-hydrogen) atoms. The summed E-state index contributed by atoms with van der Waals surface area (Å²) in [6.07, 6.45) is 0. The molecule has 2 aromatic rings. The van der Waals surface area contributed by atoms with Crippen LogP contribution in [0.4, 0.5) is 0 Å². The van der Waals surface area contributed by atoms with Crippen LogP contribution in [0.15, 0.2) is 24.3 Å². The molecular formula is C12H10ClN3O4. The fourth-order valence-electron chi connectivity index (χ4n) is 1.33. The summed E-state index contributed by atoms with van der Waals surface area (Å²) >= 11 is 5.70. The van der Waals surface area contributed by atoms with E-state index in [1.165, 1.54) is 14.2 Å². The molecule has 2 rings (SSSR count). The van der Waals surface area contributed by atoms with Crippen LogP contribution in [-0.2, 0) is 4.74 Å². The lowest BCUT2D eigenvalue weighted by atomic mass is 10.2. The molecular weight excluding hydrogens is 286 g/mol. The van der Waals surface area contributed by atoms with Crippen LogP contribution in [0.5, 0.6) is 17.8 Å². The smallest absolute Gasteiger partial charge is 0.337 e. The van der Waals surface area contributed by atoms with Crippen molar-refractivity contribution in [2.75, 3.05) is 14.2 Å². The number of nitrogens with zero attached hydrogens (tertiary/aromatic N) is 3. The number of ether oxygens (including phenoxy) is 3. The largest absolute Gasteiger partial charge is 0.467 e. The first-order valence-corrected chi connectivity index (χ1v) is 5.82. The minimum absolute atomic E-state index is 0.00679. The van der Waals surface area contributed by atoms with E-state index in [0.29, 0.717) is 11.3 Å². The van der Waals surface area contributed by atoms with E-state index in [0.717, 1.165) is 0 Å². The fraction of sp³-hybridized carbons (Fsp3) is 0.167. The molecule has 0 amide bonds. The van der Waals surface area contributed by atoms with Crippen LogP contribution in [0.3, 0.4) is 0 Å². The summed E-state index contributed by atoms with van der Waals surface area (Å²) < 4.78 is 14.8. The van der Waals surface area contributed by atoms with Crippen molar-refractivity contribution in [1.82, 2.24) is 15.0 Å². The van der Waals surface area contributed by atoms with Gasteiger partial charge in [0.15, 0.2) is 0 Å². The Kier molecular flexibility index (Phi) is 4.31. The first-order valence-electron chi connectivity index (χ1n) is 5.44. The quantitative estimate of drug-likeness (QED) is 0.799. The summed E-state index contributed by atoms with van der Waals surface area (Å²) in [5.41, 5.74) is 0.408. The summed E-state index contributed by atoms with van der Waals surface area (Å²) in [5, 5.41) is -0.0435. The van der Waals surface area contributed by atoms with Crippen molar-refractivity contribution in [3.8, 4) is 17.8 Å². The summed E-state index contributed by atoms with van der Waals surface area (Å²) in [5.74, 6) is 0.00315. The number of halogens is 1. The van der Waals surface area contributed by atoms with Gasteiger partial charge in [-0.25, -0.2) is 4.79 Å². The standard InChI is InChI=1S/C12H10ClN3O4/c1-18-9(17)7-3-5-8(6-4-7)20-12-15-10(13)14-11(16-12)19-2/h3-6H,1-2H3. The summed E-state index contributed by atoms with van der Waals surface area (Å²) in [7, 11) is 2.71. The molecule has 8 heteroatoms. The highest BCUT2D eigenvalue weighted by molar-refractivity contribution is 6.28. The molecule has 0 saturated carbocycles. The third-order valence-corrected chi connectivity index (χ3v) is 2.40. The van der Waals surface area contributed by atoms with Crippen molar-refractivity contribution >= 4 is 17.6 Å². The van der Waals surface area contributed by atoms with Gasteiger partial charge in [-0.1, -0.05) is 0 Å². The van der Waals surface area contributed by atoms with Gasteiger partial charge in [-0.2, -0.15) is 9.97 Å². The van der Waals surface area contributed by atoms with E-state index in [9.17, 15) is 4.79 Å². The van der Waals surface area contributed by atoms with E-state index >= 15 is 0 Å². The monoisotopic (exact) mass is 295 g/mol. The SMILES string of the molecule is COC(=O)c1ccc(Oc2nc(Cl)nc(OC)n2)cc1. The predicted molar refractivity (Wildman–Crippen MR) is 69.2 cm³/mol. The molecule has 0 atom stereocenters. The molecule has 1 aromatic heterocycles. The van der Waals surface area contributed by atoms with Crippen LogP contribution >= 0.6 is 11.6 Å². The third kappa shape index (κ3) is 3.33. The average Bonchev–Trinajstić information content (AvgIpc) is 2.46. The zero-order valence-corrected chi connectivity index (χ0v) is 11.4. The van der Waals surface area contributed by atoms with Gasteiger partial charge >= 0.3 is 18.0 Å². The van der Waals surface area contributed by atoms with E-state index in [2.05, 4.69) is 19.7 Å². The molecule has 0 N–H and O–H groups in total. The lowest BCUT2D eigenvalue weighted by Gasteiger charge is -2.05. The maximum absolute atomic E-state index is 11.3. The molecule has 1 aromatic carbocycles. The van der Waals surface area contributed by atoms with Crippen LogP contribution in [-0.4, -0.2) is 35.1 Å². The molecule has 0 fully saturated rings. The van der Waals surface area contributed by atoms with Crippen LogP contribution in [0.2, 0.25) is 5.28 Å². The van der Waals surface area contributed by atoms with Gasteiger partial charge in [-0.15, -0.1) is 4.98 Å². The molecule has 104 valence electrons. The van der Waals surface area contributed by atoms with Crippen LogP contribution < -0.4 is 9.47 Å². The average molecular weight is 296 g/mol. The number of hydrogen-bond acceptors (Lipinski definition) is 7. The number of rotatable bonds is 4. The van der Waals surface area contributed by atoms with E-state index in [4.69, 9.17) is 21.1 Å². The molecule has 0 unspecified atom stereocenters. The molecule has 0 aliphatic rings. The van der Waals surface area contributed by atoms with E-state index in [-0.39, 0.29) is 17.3 Å². The Morgan fingerprint density at radius 3 is 2.30 bits per heavy atom. The Morgan fingerprint density at radius 2 is 1.70 bits per heavy atom. The van der Waals surface area contributed by atoms with Gasteiger partial charge in [0.05, 0.1) is 19.8 Å². The lowest BCUT2D eigenvalue weighted by molar-refractivity contribution is 0.0600. The first-order chi connectivity index (χ1) is 9.62. The Labute approximate surface area is 119 Å². The van der Waals surface area contributed by atoms with Gasteiger partial charge in [0.2, 0.25) is 5.28 Å². The number of carbonyl (C=O) groups is 1. The molecule has 1 heterocycles. The maximum Gasteiger partial charge on any atom is 0.337 e. The molecule has 0 aliphatic carbocycles. The lowest BCUT2D eigenvalue weighted by Crippen LogP contribution is -2.01.